The van der Waals surface area contributed by atoms with E-state index < -0.39 is 5.97 Å². The molecule has 1 fully saturated rings. The van der Waals surface area contributed by atoms with Crippen molar-refractivity contribution in [3.8, 4) is 11.5 Å². The zero-order chi connectivity index (χ0) is 13.2. The number of aliphatic carboxylic acids is 1. The van der Waals surface area contributed by atoms with Gasteiger partial charge in [-0.2, -0.15) is 0 Å². The summed E-state index contributed by atoms with van der Waals surface area (Å²) in [6.45, 7) is 1.21. The molecule has 1 aromatic carbocycles. The highest BCUT2D eigenvalue weighted by molar-refractivity contribution is 5.67. The first-order chi connectivity index (χ1) is 9.22. The number of carboxylic acid groups (broad SMARTS) is 1. The Labute approximate surface area is 112 Å². The molecular formula is C15H18O4. The highest BCUT2D eigenvalue weighted by atomic mass is 16.6. The van der Waals surface area contributed by atoms with Gasteiger partial charge in [-0.05, 0) is 48.8 Å². The topological polar surface area (TPSA) is 55.8 Å². The van der Waals surface area contributed by atoms with Gasteiger partial charge in [-0.3, -0.25) is 4.79 Å². The second-order valence-corrected chi connectivity index (χ2v) is 5.38. The van der Waals surface area contributed by atoms with Crippen molar-refractivity contribution in [2.24, 2.45) is 5.92 Å². The average molecular weight is 262 g/mol. The van der Waals surface area contributed by atoms with E-state index in [0.717, 1.165) is 30.8 Å². The molecule has 1 heterocycles. The summed E-state index contributed by atoms with van der Waals surface area (Å²) in [4.78, 5) is 10.8. The Balaban J connectivity index is 1.71. The molecule has 1 aliphatic heterocycles. The van der Waals surface area contributed by atoms with Crippen LogP contribution in [-0.4, -0.2) is 24.3 Å². The summed E-state index contributed by atoms with van der Waals surface area (Å²) < 4.78 is 11.1. The fourth-order valence-corrected chi connectivity index (χ4v) is 3.12. The van der Waals surface area contributed by atoms with Crippen LogP contribution < -0.4 is 9.47 Å². The molecule has 4 nitrogen and oxygen atoms in total. The summed E-state index contributed by atoms with van der Waals surface area (Å²) in [6.07, 6.45) is 3.33. The number of carboxylic acids is 1. The lowest BCUT2D eigenvalue weighted by atomic mass is 9.95. The molecule has 0 bridgehead atoms. The van der Waals surface area contributed by atoms with Crippen LogP contribution in [0.4, 0.5) is 0 Å². The lowest BCUT2D eigenvalue weighted by Crippen LogP contribution is -2.15. The first kappa shape index (κ1) is 12.3. The number of rotatable bonds is 3. The van der Waals surface area contributed by atoms with Crippen molar-refractivity contribution in [1.82, 2.24) is 0 Å². The summed E-state index contributed by atoms with van der Waals surface area (Å²) in [5.41, 5.74) is 1.25. The highest BCUT2D eigenvalue weighted by Gasteiger charge is 2.28. The minimum absolute atomic E-state index is 0.293. The summed E-state index contributed by atoms with van der Waals surface area (Å²) in [7, 11) is 0. The zero-order valence-electron chi connectivity index (χ0n) is 10.8. The summed E-state index contributed by atoms with van der Waals surface area (Å²) in [5, 5.41) is 8.85. The molecule has 4 heteroatoms. The average Bonchev–Trinajstić information content (AvgIpc) is 2.86. The van der Waals surface area contributed by atoms with Gasteiger partial charge in [0.25, 0.3) is 0 Å². The maximum Gasteiger partial charge on any atom is 0.303 e. The van der Waals surface area contributed by atoms with Crippen molar-refractivity contribution in [1.29, 1.82) is 0 Å². The van der Waals surface area contributed by atoms with E-state index >= 15 is 0 Å². The van der Waals surface area contributed by atoms with Crippen LogP contribution in [0.3, 0.4) is 0 Å². The quantitative estimate of drug-likeness (QED) is 0.910. The van der Waals surface area contributed by atoms with Crippen LogP contribution in [0.15, 0.2) is 18.2 Å². The highest BCUT2D eigenvalue weighted by Crippen LogP contribution is 2.42. The molecule has 0 radical (unpaired) electrons. The van der Waals surface area contributed by atoms with Gasteiger partial charge in [0, 0.05) is 6.42 Å². The third-order valence-electron chi connectivity index (χ3n) is 4.04. The first-order valence-electron chi connectivity index (χ1n) is 6.83. The molecule has 1 aliphatic carbocycles. The Morgan fingerprint density at radius 2 is 2.00 bits per heavy atom. The number of fused-ring (bicyclic) bond motifs is 1. The molecule has 0 saturated heterocycles. The molecular weight excluding hydrogens is 244 g/mol. The van der Waals surface area contributed by atoms with Crippen molar-refractivity contribution in [3.05, 3.63) is 23.8 Å². The molecule has 102 valence electrons. The van der Waals surface area contributed by atoms with Gasteiger partial charge in [-0.15, -0.1) is 0 Å². The lowest BCUT2D eigenvalue weighted by molar-refractivity contribution is -0.138. The molecule has 2 aliphatic rings. The molecule has 0 aromatic heterocycles. The Bertz CT molecular complexity index is 483. The van der Waals surface area contributed by atoms with Gasteiger partial charge >= 0.3 is 5.97 Å². The van der Waals surface area contributed by atoms with Crippen LogP contribution in [0.25, 0.3) is 0 Å². The van der Waals surface area contributed by atoms with Gasteiger partial charge in [0.05, 0.1) is 0 Å². The van der Waals surface area contributed by atoms with Crippen LogP contribution in [0, 0.1) is 5.92 Å². The van der Waals surface area contributed by atoms with Gasteiger partial charge in [-0.25, -0.2) is 0 Å². The molecule has 3 rings (SSSR count). The van der Waals surface area contributed by atoms with Crippen molar-refractivity contribution in [2.75, 3.05) is 13.2 Å². The van der Waals surface area contributed by atoms with E-state index in [-0.39, 0.29) is 0 Å². The summed E-state index contributed by atoms with van der Waals surface area (Å²) in [6, 6.07) is 6.11. The standard InChI is InChI=1S/C15H18O4/c16-15(17)8-10-1-2-11(7-10)12-3-4-13-14(9-12)19-6-5-18-13/h3-4,9-11H,1-2,5-8H2,(H,16,17). The number of ether oxygens (including phenoxy) is 2. The van der Waals surface area contributed by atoms with Crippen LogP contribution in [0.5, 0.6) is 11.5 Å². The van der Waals surface area contributed by atoms with E-state index in [0.29, 0.717) is 31.5 Å². The second-order valence-electron chi connectivity index (χ2n) is 5.38. The third-order valence-corrected chi connectivity index (χ3v) is 4.04. The molecule has 0 spiro atoms. The van der Waals surface area contributed by atoms with Crippen molar-refractivity contribution >= 4 is 5.97 Å². The summed E-state index contributed by atoms with van der Waals surface area (Å²) >= 11 is 0. The fourth-order valence-electron chi connectivity index (χ4n) is 3.12. The van der Waals surface area contributed by atoms with Crippen LogP contribution in [0.1, 0.15) is 37.2 Å². The molecule has 0 amide bonds. The van der Waals surface area contributed by atoms with E-state index in [9.17, 15) is 4.79 Å². The smallest absolute Gasteiger partial charge is 0.303 e. The lowest BCUT2D eigenvalue weighted by Gasteiger charge is -2.20. The number of carbonyl (C=O) groups is 1. The fraction of sp³-hybridized carbons (Fsp3) is 0.533. The molecule has 1 aromatic rings. The Hall–Kier alpha value is -1.71. The molecule has 2 unspecified atom stereocenters. The van der Waals surface area contributed by atoms with Crippen LogP contribution >= 0.6 is 0 Å². The van der Waals surface area contributed by atoms with Gasteiger partial charge in [-0.1, -0.05) is 6.07 Å². The van der Waals surface area contributed by atoms with Gasteiger partial charge in [0.1, 0.15) is 13.2 Å². The van der Waals surface area contributed by atoms with E-state index in [1.165, 1.54) is 5.56 Å². The number of hydrogen-bond donors (Lipinski definition) is 1. The maximum absolute atomic E-state index is 10.8. The van der Waals surface area contributed by atoms with Crippen molar-refractivity contribution in [3.63, 3.8) is 0 Å². The zero-order valence-corrected chi connectivity index (χ0v) is 10.8. The minimum atomic E-state index is -0.687. The first-order valence-corrected chi connectivity index (χ1v) is 6.83. The number of hydrogen-bond acceptors (Lipinski definition) is 3. The van der Waals surface area contributed by atoms with E-state index in [2.05, 4.69) is 12.1 Å². The minimum Gasteiger partial charge on any atom is -0.486 e. The SMILES string of the molecule is O=C(O)CC1CCC(c2ccc3c(c2)OCCO3)C1. The third kappa shape index (κ3) is 2.67. The predicted molar refractivity (Wildman–Crippen MR) is 69.8 cm³/mol. The normalized spacial score (nSPS) is 25.3. The van der Waals surface area contributed by atoms with Crippen molar-refractivity contribution < 1.29 is 19.4 Å². The van der Waals surface area contributed by atoms with Gasteiger partial charge in [0.2, 0.25) is 0 Å². The van der Waals surface area contributed by atoms with Crippen LogP contribution in [0.2, 0.25) is 0 Å². The molecule has 2 atom stereocenters. The van der Waals surface area contributed by atoms with Crippen molar-refractivity contribution in [2.45, 2.75) is 31.6 Å². The Kier molecular flexibility index (Phi) is 3.32. The monoisotopic (exact) mass is 262 g/mol. The van der Waals surface area contributed by atoms with Gasteiger partial charge in [0.15, 0.2) is 11.5 Å². The largest absolute Gasteiger partial charge is 0.486 e. The maximum atomic E-state index is 10.8. The Morgan fingerprint density at radius 3 is 2.79 bits per heavy atom. The van der Waals surface area contributed by atoms with E-state index in [1.54, 1.807) is 0 Å². The molecule has 1 saturated carbocycles. The number of benzene rings is 1. The van der Waals surface area contributed by atoms with Gasteiger partial charge < -0.3 is 14.6 Å². The second kappa shape index (κ2) is 5.11. The van der Waals surface area contributed by atoms with E-state index in [4.69, 9.17) is 14.6 Å². The Morgan fingerprint density at radius 1 is 1.21 bits per heavy atom. The summed E-state index contributed by atoms with van der Waals surface area (Å²) in [5.74, 6) is 1.73. The van der Waals surface area contributed by atoms with Crippen LogP contribution in [-0.2, 0) is 4.79 Å². The predicted octanol–water partition coefficient (Wildman–Crippen LogP) is 2.82. The molecule has 1 N–H and O–H groups in total. The molecule has 19 heavy (non-hydrogen) atoms. The van der Waals surface area contributed by atoms with E-state index in [1.807, 2.05) is 6.07 Å².